The van der Waals surface area contributed by atoms with Gasteiger partial charge in [-0.15, -0.1) is 11.3 Å². The van der Waals surface area contributed by atoms with E-state index in [1.54, 1.807) is 50.7 Å². The molecule has 5 aliphatic rings. The summed E-state index contributed by atoms with van der Waals surface area (Å²) < 4.78 is 42.9. The summed E-state index contributed by atoms with van der Waals surface area (Å²) >= 11 is 1.39. The Morgan fingerprint density at radius 2 is 1.78 bits per heavy atom. The number of carbonyl (C=O) groups is 4. The van der Waals surface area contributed by atoms with Gasteiger partial charge in [0.05, 0.1) is 43.2 Å². The number of hydrogen-bond acceptors (Lipinski definition) is 12. The minimum atomic E-state index is -2.75. The van der Waals surface area contributed by atoms with Gasteiger partial charge in [-0.25, -0.2) is 13.8 Å². The summed E-state index contributed by atoms with van der Waals surface area (Å²) in [7, 11) is 1.73. The van der Waals surface area contributed by atoms with Crippen LogP contribution in [0.4, 0.5) is 14.5 Å². The molecule has 3 unspecified atom stereocenters. The van der Waals surface area contributed by atoms with Gasteiger partial charge < -0.3 is 35.2 Å². The van der Waals surface area contributed by atoms with Crippen molar-refractivity contribution in [1.82, 2.24) is 45.4 Å². The molecule has 6 atom stereocenters. The molecule has 10 rings (SSSR count). The Morgan fingerprint density at radius 1 is 0.972 bits per heavy atom. The number of fused-ring (bicyclic) bond motifs is 2. The van der Waals surface area contributed by atoms with Crippen molar-refractivity contribution >= 4 is 40.5 Å². The quantitative estimate of drug-likeness (QED) is 0.0471. The van der Waals surface area contributed by atoms with Crippen LogP contribution >= 0.6 is 11.3 Å². The predicted molar refractivity (Wildman–Crippen MR) is 266 cm³/mol. The average Bonchev–Trinajstić information content (AvgIpc) is 4.15. The number of likely N-dealkylation sites (tertiary alicyclic amines) is 2. The molecule has 3 aromatic heterocycles. The first-order chi connectivity index (χ1) is 34.8. The molecular formula is C53H64F2N10O6S. The zero-order valence-corrected chi connectivity index (χ0v) is 41.9. The lowest BCUT2D eigenvalue weighted by Gasteiger charge is -2.43. The lowest BCUT2D eigenvalue weighted by atomic mass is 9.83. The number of ketones is 1. The number of anilines is 1. The molecule has 19 heteroatoms. The van der Waals surface area contributed by atoms with Crippen LogP contribution in [0.15, 0.2) is 72.4 Å². The van der Waals surface area contributed by atoms with E-state index < -0.39 is 35.2 Å². The van der Waals surface area contributed by atoms with Crippen molar-refractivity contribution in [1.29, 1.82) is 0 Å². The number of thiazole rings is 1. The van der Waals surface area contributed by atoms with Crippen LogP contribution < -0.4 is 20.7 Å². The lowest BCUT2D eigenvalue weighted by Crippen LogP contribution is -2.55. The number of carbonyl (C=O) groups excluding carboxylic acids is 4. The van der Waals surface area contributed by atoms with Gasteiger partial charge in [0.1, 0.15) is 29.1 Å². The second-order valence-electron chi connectivity index (χ2n) is 20.5. The van der Waals surface area contributed by atoms with Crippen LogP contribution in [0.2, 0.25) is 0 Å². The van der Waals surface area contributed by atoms with Crippen LogP contribution in [0.5, 0.6) is 5.75 Å². The second-order valence-corrected chi connectivity index (χ2v) is 21.4. The first kappa shape index (κ1) is 49.7. The normalized spacial score (nSPS) is 23.0. The lowest BCUT2D eigenvalue weighted by molar-refractivity contribution is -0.139. The third-order valence-electron chi connectivity index (χ3n) is 16.0. The van der Waals surface area contributed by atoms with Crippen LogP contribution in [0.25, 0.3) is 0 Å². The van der Waals surface area contributed by atoms with E-state index >= 15 is 0 Å². The van der Waals surface area contributed by atoms with Gasteiger partial charge in [-0.1, -0.05) is 68.7 Å². The summed E-state index contributed by atoms with van der Waals surface area (Å²) in [6.07, 6.45) is 10.3. The Bertz CT molecular complexity index is 2750. The predicted octanol–water partition coefficient (Wildman–Crippen LogP) is 6.87. The maximum Gasteiger partial charge on any atom is 0.276 e. The van der Waals surface area contributed by atoms with Gasteiger partial charge in [0, 0.05) is 78.2 Å². The summed E-state index contributed by atoms with van der Waals surface area (Å²) in [5.41, 5.74) is 2.63. The van der Waals surface area contributed by atoms with Crippen LogP contribution in [0.1, 0.15) is 119 Å². The van der Waals surface area contributed by atoms with E-state index in [-0.39, 0.29) is 60.1 Å². The summed E-state index contributed by atoms with van der Waals surface area (Å²) in [5.74, 6) is -3.56. The minimum Gasteiger partial charge on any atom is -0.491 e. The third-order valence-corrected chi connectivity index (χ3v) is 16.9. The van der Waals surface area contributed by atoms with E-state index in [9.17, 15) is 28.0 Å². The molecule has 16 nitrogen and oxygen atoms in total. The van der Waals surface area contributed by atoms with Crippen molar-refractivity contribution in [3.8, 4) is 5.75 Å². The Hall–Kier alpha value is -5.89. The van der Waals surface area contributed by atoms with Gasteiger partial charge in [0.15, 0.2) is 5.69 Å². The summed E-state index contributed by atoms with van der Waals surface area (Å²) in [6.45, 7) is 7.52. The standard InChI is InChI=1S/C53H64F2N10O6S/c1-32(56-3)48(67)60-44(33-12-6-4-7-13-33)51(69)64-19-11-18-42(64)50-59-41(31-72-50)47(66)35-16-10-17-38(24-35)71-23-22-70-21-20-63-28-36(29-63)46(34-14-8-5-9-15-34)65-30-37(27-57-65)58-49(68)45-39-25-43-52(2,53(43,54)55)26-40(39)61-62-45/h5,8-10,14-17,24,27,30-33,36,42-44,46,56H,4,6-7,11-13,18-23,25-26,28-29H2,1-3H3,(H,58,68)(H,60,67)(H,61,62)/t32?,42-,43-,44?,46?,52+/m0/s1. The number of alkyl halides is 2. The molecule has 382 valence electrons. The number of halogens is 2. The van der Waals surface area contributed by atoms with E-state index in [2.05, 4.69) is 48.3 Å². The van der Waals surface area contributed by atoms with Crippen molar-refractivity contribution in [2.24, 2.45) is 23.2 Å². The highest BCUT2D eigenvalue weighted by Crippen LogP contribution is 2.70. The summed E-state index contributed by atoms with van der Waals surface area (Å²) in [5, 5.41) is 23.2. The maximum atomic E-state index is 14.5. The number of likely N-dealkylation sites (N-methyl/N-ethyl adjacent to an activating group) is 1. The molecule has 0 spiro atoms. The molecule has 2 aliphatic heterocycles. The number of H-pyrrole nitrogens is 1. The van der Waals surface area contributed by atoms with Crippen LogP contribution in [-0.2, 0) is 27.2 Å². The van der Waals surface area contributed by atoms with Crippen molar-refractivity contribution < 1.29 is 37.4 Å². The first-order valence-corrected chi connectivity index (χ1v) is 26.4. The zero-order valence-electron chi connectivity index (χ0n) is 41.1. The fourth-order valence-electron chi connectivity index (χ4n) is 11.5. The number of ether oxygens (including phenoxy) is 2. The van der Waals surface area contributed by atoms with Gasteiger partial charge in [0.25, 0.3) is 11.8 Å². The molecule has 2 aromatic carbocycles. The average molecular weight is 1010 g/mol. The number of amides is 3. The number of aromatic amines is 1. The fourth-order valence-corrected chi connectivity index (χ4v) is 12.4. The van der Waals surface area contributed by atoms with Crippen molar-refractivity contribution in [2.75, 3.05) is 58.4 Å². The number of rotatable bonds is 20. The second kappa shape index (κ2) is 20.9. The van der Waals surface area contributed by atoms with Gasteiger partial charge in [0.2, 0.25) is 17.6 Å². The molecular weight excluding hydrogens is 943 g/mol. The highest BCUT2D eigenvalue weighted by Gasteiger charge is 2.78. The fraction of sp³-hybridized carbons (Fsp3) is 0.528. The van der Waals surface area contributed by atoms with Crippen molar-refractivity contribution in [3.05, 3.63) is 111 Å². The van der Waals surface area contributed by atoms with Crippen LogP contribution in [0, 0.1) is 23.2 Å². The minimum absolute atomic E-state index is 0.0646. The van der Waals surface area contributed by atoms with Gasteiger partial charge in [-0.2, -0.15) is 10.2 Å². The molecule has 72 heavy (non-hydrogen) atoms. The molecule has 4 N–H and O–H groups in total. The number of aromatic nitrogens is 5. The Balaban J connectivity index is 0.678. The summed E-state index contributed by atoms with van der Waals surface area (Å²) in [6, 6.07) is 15.8. The Labute approximate surface area is 422 Å². The van der Waals surface area contributed by atoms with E-state index in [1.165, 1.54) is 11.3 Å². The number of benzene rings is 2. The van der Waals surface area contributed by atoms with Gasteiger partial charge in [-0.05, 0) is 69.7 Å². The first-order valence-electron chi connectivity index (χ1n) is 25.5. The van der Waals surface area contributed by atoms with Crippen molar-refractivity contribution in [3.63, 3.8) is 0 Å². The molecule has 5 aromatic rings. The number of nitrogens with one attached hydrogen (secondary N) is 4. The highest BCUT2D eigenvalue weighted by molar-refractivity contribution is 7.10. The van der Waals surface area contributed by atoms with E-state index in [4.69, 9.17) is 14.5 Å². The molecule has 0 bridgehead atoms. The molecule has 4 fully saturated rings. The monoisotopic (exact) mass is 1010 g/mol. The van der Waals surface area contributed by atoms with Crippen LogP contribution in [0.3, 0.4) is 0 Å². The molecule has 2 saturated heterocycles. The number of hydrogen-bond donors (Lipinski definition) is 4. The highest BCUT2D eigenvalue weighted by atomic mass is 32.1. The van der Waals surface area contributed by atoms with Crippen LogP contribution in [-0.4, -0.2) is 129 Å². The van der Waals surface area contributed by atoms with Gasteiger partial charge in [-0.3, -0.25) is 29.0 Å². The maximum absolute atomic E-state index is 14.5. The molecule has 0 radical (unpaired) electrons. The summed E-state index contributed by atoms with van der Waals surface area (Å²) in [4.78, 5) is 63.4. The van der Waals surface area contributed by atoms with Gasteiger partial charge >= 0.3 is 0 Å². The van der Waals surface area contributed by atoms with E-state index in [0.717, 1.165) is 75.2 Å². The number of nitrogens with zero attached hydrogens (tertiary/aromatic N) is 6. The Kier molecular flexibility index (Phi) is 14.4. The topological polar surface area (TPSA) is 189 Å². The largest absolute Gasteiger partial charge is 0.491 e. The Morgan fingerprint density at radius 3 is 2.57 bits per heavy atom. The van der Waals surface area contributed by atoms with E-state index in [0.29, 0.717) is 60.3 Å². The smallest absolute Gasteiger partial charge is 0.276 e. The third kappa shape index (κ3) is 9.96. The molecule has 3 amide bonds. The SMILES string of the molecule is CNC(C)C(=O)NC(C(=O)N1CCC[C@H]1c1nc(C(=O)c2cccc(OCCOCCN3CC(C(c4ccccc4)n4cc(NC(=O)c5n[nH]c6c5C[C@@H]5C(F)(F)[C@]5(C)C6)cn4)C3)c2)cs1)C1CCCCC1. The molecule has 2 saturated carbocycles. The van der Waals surface area contributed by atoms with E-state index in [1.807, 2.05) is 40.0 Å². The molecule has 5 heterocycles. The zero-order chi connectivity index (χ0) is 50.1. The van der Waals surface area contributed by atoms with Crippen molar-refractivity contribution in [2.45, 2.75) is 102 Å². The molecule has 3 aliphatic carbocycles.